The maximum atomic E-state index is 12.2. The molecule has 140 valence electrons. The molecule has 1 aromatic carbocycles. The minimum absolute atomic E-state index is 0.0377. The normalized spacial score (nSPS) is 12.0. The largest absolute Gasteiger partial charge is 0.573 e. The van der Waals surface area contributed by atoms with E-state index in [9.17, 15) is 22.8 Å². The fraction of sp³-hybridized carbons (Fsp3) is 0.176. The van der Waals surface area contributed by atoms with Crippen molar-refractivity contribution in [3.05, 3.63) is 62.6 Å². The van der Waals surface area contributed by atoms with Gasteiger partial charge >= 0.3 is 12.1 Å². The van der Waals surface area contributed by atoms with Crippen molar-refractivity contribution in [3.8, 4) is 5.75 Å². The number of halogens is 3. The van der Waals surface area contributed by atoms with Crippen molar-refractivity contribution in [2.45, 2.75) is 6.36 Å². The van der Waals surface area contributed by atoms with Crippen LogP contribution in [0.3, 0.4) is 0 Å². The van der Waals surface area contributed by atoms with Crippen molar-refractivity contribution < 1.29 is 17.9 Å². The van der Waals surface area contributed by atoms with Gasteiger partial charge in [0.25, 0.3) is 5.56 Å². The minimum atomic E-state index is -4.75. The van der Waals surface area contributed by atoms with Crippen LogP contribution in [0.25, 0.3) is 23.3 Å². The summed E-state index contributed by atoms with van der Waals surface area (Å²) >= 11 is 0. The Bertz CT molecular complexity index is 1150. The van der Waals surface area contributed by atoms with E-state index in [1.807, 2.05) is 0 Å². The van der Waals surface area contributed by atoms with Crippen LogP contribution < -0.4 is 16.0 Å². The van der Waals surface area contributed by atoms with Crippen molar-refractivity contribution in [1.82, 2.24) is 19.1 Å². The molecule has 0 aliphatic rings. The van der Waals surface area contributed by atoms with Crippen molar-refractivity contribution >= 4 is 23.3 Å². The lowest BCUT2D eigenvalue weighted by Crippen LogP contribution is -2.37. The van der Waals surface area contributed by atoms with Crippen molar-refractivity contribution in [3.63, 3.8) is 0 Å². The Balaban J connectivity index is 1.91. The van der Waals surface area contributed by atoms with Crippen LogP contribution in [0.15, 0.2) is 40.1 Å². The van der Waals surface area contributed by atoms with Gasteiger partial charge in [-0.3, -0.25) is 13.9 Å². The van der Waals surface area contributed by atoms with Gasteiger partial charge in [0.2, 0.25) is 0 Å². The monoisotopic (exact) mass is 378 g/mol. The predicted octanol–water partition coefficient (Wildman–Crippen LogP) is 2.10. The highest BCUT2D eigenvalue weighted by molar-refractivity contribution is 5.73. The molecule has 10 heteroatoms. The minimum Gasteiger partial charge on any atom is -0.406 e. The van der Waals surface area contributed by atoms with E-state index in [1.54, 1.807) is 12.2 Å². The number of aromatic nitrogens is 4. The van der Waals surface area contributed by atoms with E-state index in [4.69, 9.17) is 0 Å². The third-order valence-electron chi connectivity index (χ3n) is 3.73. The molecule has 2 heterocycles. The summed E-state index contributed by atoms with van der Waals surface area (Å²) < 4.78 is 42.4. The molecule has 0 saturated carbocycles. The number of benzene rings is 1. The Hall–Kier alpha value is -3.43. The second kappa shape index (κ2) is 6.71. The third kappa shape index (κ3) is 3.89. The summed E-state index contributed by atoms with van der Waals surface area (Å²) in [4.78, 5) is 32.4. The van der Waals surface area contributed by atoms with Gasteiger partial charge in [-0.05, 0) is 23.8 Å². The molecular formula is C17H13F3N4O3. The number of hydrogen-bond donors (Lipinski definition) is 0. The summed E-state index contributed by atoms with van der Waals surface area (Å²) in [6, 6.07) is 5.25. The Morgan fingerprint density at radius 2 is 1.70 bits per heavy atom. The first-order valence-corrected chi connectivity index (χ1v) is 7.62. The Morgan fingerprint density at radius 1 is 1.04 bits per heavy atom. The van der Waals surface area contributed by atoms with E-state index >= 15 is 0 Å². The average Bonchev–Trinajstić information content (AvgIpc) is 2.62. The number of ether oxygens (including phenoxy) is 1. The van der Waals surface area contributed by atoms with Crippen LogP contribution in [-0.4, -0.2) is 25.5 Å². The summed E-state index contributed by atoms with van der Waals surface area (Å²) in [6.45, 7) is 0. The summed E-state index contributed by atoms with van der Waals surface area (Å²) in [5, 5.41) is 0. The van der Waals surface area contributed by atoms with Gasteiger partial charge in [0.1, 0.15) is 5.75 Å². The van der Waals surface area contributed by atoms with Crippen LogP contribution in [0.1, 0.15) is 11.3 Å². The van der Waals surface area contributed by atoms with Crippen molar-refractivity contribution in [1.29, 1.82) is 0 Å². The molecule has 0 N–H and O–H groups in total. The third-order valence-corrected chi connectivity index (χ3v) is 3.73. The Morgan fingerprint density at radius 3 is 2.33 bits per heavy atom. The zero-order valence-corrected chi connectivity index (χ0v) is 14.2. The number of alkyl halides is 3. The molecule has 0 unspecified atom stereocenters. The van der Waals surface area contributed by atoms with Crippen LogP contribution in [-0.2, 0) is 14.1 Å². The van der Waals surface area contributed by atoms with Crippen LogP contribution in [0, 0.1) is 0 Å². The Kier molecular flexibility index (Phi) is 4.56. The first kappa shape index (κ1) is 18.4. The van der Waals surface area contributed by atoms with Gasteiger partial charge in [0, 0.05) is 14.1 Å². The van der Waals surface area contributed by atoms with Gasteiger partial charge in [0.15, 0.2) is 11.2 Å². The molecule has 0 fully saturated rings. The molecule has 0 aliphatic heterocycles. The molecule has 0 amide bonds. The van der Waals surface area contributed by atoms with Gasteiger partial charge in [-0.1, -0.05) is 18.2 Å². The number of aryl methyl sites for hydroxylation is 1. The highest BCUT2D eigenvalue weighted by atomic mass is 19.4. The van der Waals surface area contributed by atoms with E-state index in [0.29, 0.717) is 11.3 Å². The van der Waals surface area contributed by atoms with Crippen molar-refractivity contribution in [2.75, 3.05) is 0 Å². The predicted molar refractivity (Wildman–Crippen MR) is 92.1 cm³/mol. The molecule has 0 aliphatic carbocycles. The molecule has 27 heavy (non-hydrogen) atoms. The average molecular weight is 378 g/mol. The van der Waals surface area contributed by atoms with Crippen LogP contribution in [0.4, 0.5) is 13.2 Å². The number of nitrogens with zero attached hydrogens (tertiary/aromatic N) is 4. The van der Waals surface area contributed by atoms with Gasteiger partial charge in [0.05, 0.1) is 11.9 Å². The van der Waals surface area contributed by atoms with Gasteiger partial charge in [-0.2, -0.15) is 0 Å². The van der Waals surface area contributed by atoms with Crippen molar-refractivity contribution in [2.24, 2.45) is 14.1 Å². The summed E-state index contributed by atoms with van der Waals surface area (Å²) in [5.41, 5.74) is 0.0778. The van der Waals surface area contributed by atoms with E-state index in [2.05, 4.69) is 14.7 Å². The molecule has 3 aromatic rings. The van der Waals surface area contributed by atoms with E-state index in [1.165, 1.54) is 49.1 Å². The molecule has 0 radical (unpaired) electrons. The maximum absolute atomic E-state index is 12.2. The van der Waals surface area contributed by atoms with E-state index in [0.717, 1.165) is 4.57 Å². The number of fused-ring (bicyclic) bond motifs is 1. The lowest BCUT2D eigenvalue weighted by Gasteiger charge is -2.08. The fourth-order valence-electron chi connectivity index (χ4n) is 2.39. The smallest absolute Gasteiger partial charge is 0.406 e. The second-order valence-electron chi connectivity index (χ2n) is 5.62. The lowest BCUT2D eigenvalue weighted by molar-refractivity contribution is -0.274. The summed E-state index contributed by atoms with van der Waals surface area (Å²) in [7, 11) is 2.83. The van der Waals surface area contributed by atoms with Gasteiger partial charge in [-0.15, -0.1) is 13.2 Å². The molecule has 2 aromatic heterocycles. The van der Waals surface area contributed by atoms with E-state index in [-0.39, 0.29) is 16.9 Å². The zero-order valence-electron chi connectivity index (χ0n) is 14.2. The molecule has 7 nitrogen and oxygen atoms in total. The van der Waals surface area contributed by atoms with Crippen LogP contribution >= 0.6 is 0 Å². The topological polar surface area (TPSA) is 79.0 Å². The van der Waals surface area contributed by atoms with Gasteiger partial charge in [-0.25, -0.2) is 14.8 Å². The molecule has 0 bridgehead atoms. The summed E-state index contributed by atoms with van der Waals surface area (Å²) in [6.07, 6.45) is -0.209. The van der Waals surface area contributed by atoms with E-state index < -0.39 is 17.6 Å². The second-order valence-corrected chi connectivity index (χ2v) is 5.62. The molecule has 0 saturated heterocycles. The first-order valence-electron chi connectivity index (χ1n) is 7.62. The molecule has 0 atom stereocenters. The Labute approximate surface area is 150 Å². The van der Waals surface area contributed by atoms with Crippen LogP contribution in [0.5, 0.6) is 5.75 Å². The highest BCUT2D eigenvalue weighted by Crippen LogP contribution is 2.23. The summed E-state index contributed by atoms with van der Waals surface area (Å²) in [5.74, 6) is -0.324. The molecule has 3 rings (SSSR count). The molecular weight excluding hydrogens is 365 g/mol. The first-order chi connectivity index (χ1) is 12.7. The van der Waals surface area contributed by atoms with Gasteiger partial charge < -0.3 is 4.74 Å². The lowest BCUT2D eigenvalue weighted by atomic mass is 10.2. The molecule has 0 spiro atoms. The maximum Gasteiger partial charge on any atom is 0.573 e. The number of hydrogen-bond acceptors (Lipinski definition) is 5. The quantitative estimate of drug-likeness (QED) is 0.697. The fourth-order valence-corrected chi connectivity index (χ4v) is 2.39. The van der Waals surface area contributed by atoms with Crippen LogP contribution in [0.2, 0.25) is 0 Å². The SMILES string of the molecule is Cn1c(=O)c2nc(/C=C/c3ccc(OC(F)(F)F)cc3)cnc2n(C)c1=O. The zero-order chi connectivity index (χ0) is 19.8. The number of rotatable bonds is 3. The highest BCUT2D eigenvalue weighted by Gasteiger charge is 2.30. The standard InChI is InChI=1S/C17H13F3N4O3/c1-23-14-13(15(25)24(2)16(23)26)22-11(9-21-14)6-3-10-4-7-12(8-5-10)27-17(18,19)20/h3-9H,1-2H3/b6-3+.